The van der Waals surface area contributed by atoms with Crippen molar-refractivity contribution in [2.45, 2.75) is 13.3 Å². The molecular formula is C11H13NO2S. The van der Waals surface area contributed by atoms with Crippen molar-refractivity contribution in [1.29, 1.82) is 0 Å². The molecule has 3 nitrogen and oxygen atoms in total. The van der Waals surface area contributed by atoms with Crippen LogP contribution in [-0.2, 0) is 4.79 Å². The van der Waals surface area contributed by atoms with E-state index in [0.717, 1.165) is 6.42 Å². The van der Waals surface area contributed by atoms with E-state index in [1.807, 2.05) is 18.4 Å². The van der Waals surface area contributed by atoms with Crippen LogP contribution in [0, 0.1) is 11.8 Å². The lowest BCUT2D eigenvalue weighted by Crippen LogP contribution is -2.30. The minimum Gasteiger partial charge on any atom is -0.348 e. The molecule has 1 amide bonds. The highest BCUT2D eigenvalue weighted by Crippen LogP contribution is 2.37. The highest BCUT2D eigenvalue weighted by molar-refractivity contribution is 7.12. The molecular weight excluding hydrogens is 210 g/mol. The van der Waals surface area contributed by atoms with Crippen LogP contribution >= 0.6 is 11.3 Å². The van der Waals surface area contributed by atoms with Gasteiger partial charge in [0.1, 0.15) is 0 Å². The average molecular weight is 223 g/mol. The molecule has 0 radical (unpaired) electrons. The molecule has 1 aliphatic carbocycles. The fourth-order valence-corrected chi connectivity index (χ4v) is 2.17. The molecule has 1 aromatic rings. The number of carbonyl (C=O) groups is 2. The Bertz CT molecular complexity index is 372. The first kappa shape index (κ1) is 10.4. The quantitative estimate of drug-likeness (QED) is 0.790. The normalized spacial score (nSPS) is 23.5. The van der Waals surface area contributed by atoms with Crippen LogP contribution in [0.25, 0.3) is 0 Å². The van der Waals surface area contributed by atoms with Crippen molar-refractivity contribution in [1.82, 2.24) is 5.32 Å². The van der Waals surface area contributed by atoms with Gasteiger partial charge < -0.3 is 5.32 Å². The van der Waals surface area contributed by atoms with E-state index in [4.69, 9.17) is 0 Å². The third kappa shape index (κ3) is 2.45. The van der Waals surface area contributed by atoms with Crippen molar-refractivity contribution < 1.29 is 9.59 Å². The van der Waals surface area contributed by atoms with Crippen molar-refractivity contribution in [2.75, 3.05) is 6.54 Å². The number of hydrogen-bond acceptors (Lipinski definition) is 3. The Balaban J connectivity index is 1.79. The molecule has 1 fully saturated rings. The second-order valence-electron chi connectivity index (χ2n) is 3.94. The van der Waals surface area contributed by atoms with Crippen molar-refractivity contribution in [3.8, 4) is 0 Å². The van der Waals surface area contributed by atoms with Crippen LogP contribution < -0.4 is 5.32 Å². The first-order chi connectivity index (χ1) is 7.18. The summed E-state index contributed by atoms with van der Waals surface area (Å²) in [5.41, 5.74) is 0. The molecule has 0 saturated heterocycles. The summed E-state index contributed by atoms with van der Waals surface area (Å²) in [7, 11) is 0. The monoisotopic (exact) mass is 223 g/mol. The van der Waals surface area contributed by atoms with Crippen LogP contribution in [0.4, 0.5) is 0 Å². The van der Waals surface area contributed by atoms with Gasteiger partial charge >= 0.3 is 0 Å². The van der Waals surface area contributed by atoms with E-state index in [-0.39, 0.29) is 24.2 Å². The van der Waals surface area contributed by atoms with Crippen LogP contribution in [0.3, 0.4) is 0 Å². The minimum absolute atomic E-state index is 0.00773. The lowest BCUT2D eigenvalue weighted by molar-refractivity contribution is -0.122. The number of carbonyl (C=O) groups excluding carboxylic acids is 2. The van der Waals surface area contributed by atoms with Gasteiger partial charge in [0, 0.05) is 5.92 Å². The SMILES string of the molecule is C[C@H]1C[C@@H]1C(=O)NCC(=O)c1cccs1. The fraction of sp³-hybridized carbons (Fsp3) is 0.455. The Morgan fingerprint density at radius 2 is 2.33 bits per heavy atom. The second kappa shape index (κ2) is 4.14. The Labute approximate surface area is 92.5 Å². The maximum Gasteiger partial charge on any atom is 0.223 e. The maximum absolute atomic E-state index is 11.5. The van der Waals surface area contributed by atoms with E-state index < -0.39 is 0 Å². The van der Waals surface area contributed by atoms with Gasteiger partial charge in [-0.2, -0.15) is 0 Å². The molecule has 15 heavy (non-hydrogen) atoms. The van der Waals surface area contributed by atoms with E-state index in [9.17, 15) is 9.59 Å². The van der Waals surface area contributed by atoms with Crippen LogP contribution in [0.15, 0.2) is 17.5 Å². The summed E-state index contributed by atoms with van der Waals surface area (Å²) in [4.78, 5) is 23.7. The van der Waals surface area contributed by atoms with E-state index in [0.29, 0.717) is 10.8 Å². The standard InChI is InChI=1S/C11H13NO2S/c1-7-5-8(7)11(14)12-6-9(13)10-3-2-4-15-10/h2-4,7-8H,5-6H2,1H3,(H,12,14)/t7-,8-/m0/s1. The summed E-state index contributed by atoms with van der Waals surface area (Å²) in [6, 6.07) is 3.61. The largest absolute Gasteiger partial charge is 0.348 e. The van der Waals surface area contributed by atoms with Gasteiger partial charge in [-0.15, -0.1) is 11.3 Å². The van der Waals surface area contributed by atoms with Crippen molar-refractivity contribution in [3.05, 3.63) is 22.4 Å². The molecule has 1 aliphatic rings. The highest BCUT2D eigenvalue weighted by Gasteiger charge is 2.38. The molecule has 1 heterocycles. The zero-order valence-electron chi connectivity index (χ0n) is 8.53. The van der Waals surface area contributed by atoms with Crippen LogP contribution in [0.2, 0.25) is 0 Å². The Kier molecular flexibility index (Phi) is 2.86. The number of nitrogens with one attached hydrogen (secondary N) is 1. The molecule has 2 rings (SSSR count). The molecule has 1 N–H and O–H groups in total. The zero-order valence-corrected chi connectivity index (χ0v) is 9.34. The van der Waals surface area contributed by atoms with Crippen molar-refractivity contribution in [3.63, 3.8) is 0 Å². The van der Waals surface area contributed by atoms with Gasteiger partial charge in [0.05, 0.1) is 11.4 Å². The van der Waals surface area contributed by atoms with Crippen LogP contribution in [0.1, 0.15) is 23.0 Å². The topological polar surface area (TPSA) is 46.2 Å². The smallest absolute Gasteiger partial charge is 0.223 e. The second-order valence-corrected chi connectivity index (χ2v) is 4.89. The van der Waals surface area contributed by atoms with Gasteiger partial charge in [-0.1, -0.05) is 13.0 Å². The van der Waals surface area contributed by atoms with Crippen molar-refractivity contribution >= 4 is 23.0 Å². The third-order valence-corrected chi connectivity index (χ3v) is 3.58. The molecule has 0 aliphatic heterocycles. The number of hydrogen-bond donors (Lipinski definition) is 1. The van der Waals surface area contributed by atoms with Crippen LogP contribution in [0.5, 0.6) is 0 Å². The van der Waals surface area contributed by atoms with E-state index in [1.165, 1.54) is 11.3 Å². The molecule has 1 saturated carbocycles. The summed E-state index contributed by atoms with van der Waals surface area (Å²) in [5, 5.41) is 4.54. The molecule has 80 valence electrons. The van der Waals surface area contributed by atoms with Gasteiger partial charge in [0.25, 0.3) is 0 Å². The summed E-state index contributed by atoms with van der Waals surface area (Å²) >= 11 is 1.41. The Morgan fingerprint density at radius 1 is 1.60 bits per heavy atom. The Hall–Kier alpha value is -1.16. The molecule has 4 heteroatoms. The number of thiophene rings is 1. The van der Waals surface area contributed by atoms with Crippen LogP contribution in [-0.4, -0.2) is 18.2 Å². The summed E-state index contributed by atoms with van der Waals surface area (Å²) < 4.78 is 0. The van der Waals surface area contributed by atoms with Gasteiger partial charge in [-0.05, 0) is 23.8 Å². The zero-order chi connectivity index (χ0) is 10.8. The van der Waals surface area contributed by atoms with Crippen molar-refractivity contribution in [2.24, 2.45) is 11.8 Å². The van der Waals surface area contributed by atoms with Gasteiger partial charge in [-0.25, -0.2) is 0 Å². The molecule has 0 bridgehead atoms. The summed E-state index contributed by atoms with van der Waals surface area (Å²) in [5.74, 6) is 0.641. The van der Waals surface area contributed by atoms with E-state index in [2.05, 4.69) is 5.32 Å². The first-order valence-electron chi connectivity index (χ1n) is 5.03. The predicted octanol–water partition coefficient (Wildman–Crippen LogP) is 1.70. The fourth-order valence-electron chi connectivity index (χ4n) is 1.51. The van der Waals surface area contributed by atoms with E-state index >= 15 is 0 Å². The average Bonchev–Trinajstić information content (AvgIpc) is 2.75. The minimum atomic E-state index is -0.00773. The number of ketones is 1. The molecule has 1 aromatic heterocycles. The molecule has 0 spiro atoms. The third-order valence-electron chi connectivity index (χ3n) is 2.67. The molecule has 0 aromatic carbocycles. The highest BCUT2D eigenvalue weighted by atomic mass is 32.1. The lowest BCUT2D eigenvalue weighted by atomic mass is 10.3. The summed E-state index contributed by atoms with van der Waals surface area (Å²) in [6.07, 6.45) is 0.957. The molecule has 0 unspecified atom stereocenters. The predicted molar refractivity (Wildman–Crippen MR) is 58.9 cm³/mol. The van der Waals surface area contributed by atoms with Gasteiger partial charge in [0.15, 0.2) is 5.78 Å². The van der Waals surface area contributed by atoms with Gasteiger partial charge in [-0.3, -0.25) is 9.59 Å². The first-order valence-corrected chi connectivity index (χ1v) is 5.91. The number of rotatable bonds is 4. The lowest BCUT2D eigenvalue weighted by Gasteiger charge is -2.01. The van der Waals surface area contributed by atoms with Gasteiger partial charge in [0.2, 0.25) is 5.91 Å². The summed E-state index contributed by atoms with van der Waals surface area (Å²) in [6.45, 7) is 2.17. The maximum atomic E-state index is 11.5. The number of Topliss-reactive ketones (excluding diaryl/α,β-unsaturated/α-hetero) is 1. The van der Waals surface area contributed by atoms with E-state index in [1.54, 1.807) is 6.07 Å². The number of amides is 1. The molecule has 2 atom stereocenters. The Morgan fingerprint density at radius 3 is 2.87 bits per heavy atom.